The van der Waals surface area contributed by atoms with Crippen LogP contribution >= 0.6 is 22.9 Å². The minimum Gasteiger partial charge on any atom is -0.422 e. The molecule has 0 aliphatic heterocycles. The van der Waals surface area contributed by atoms with Crippen molar-refractivity contribution in [2.75, 3.05) is 5.43 Å². The number of hydrogen-bond acceptors (Lipinski definition) is 6. The van der Waals surface area contributed by atoms with Crippen molar-refractivity contribution in [3.05, 3.63) is 81.0 Å². The van der Waals surface area contributed by atoms with Crippen LogP contribution in [0.25, 0.3) is 22.2 Å². The van der Waals surface area contributed by atoms with Crippen molar-refractivity contribution >= 4 is 45.3 Å². The molecule has 4 rings (SSSR count). The minimum atomic E-state index is -0.417. The molecule has 0 unspecified atom stereocenters. The number of anilines is 1. The molecule has 0 aliphatic rings. The lowest BCUT2D eigenvalue weighted by Crippen LogP contribution is -2.02. The molecular weight excluding hydrogens is 370 g/mol. The zero-order valence-corrected chi connectivity index (χ0v) is 14.9. The minimum absolute atomic E-state index is 0.417. The summed E-state index contributed by atoms with van der Waals surface area (Å²) in [7, 11) is 0. The van der Waals surface area contributed by atoms with Crippen molar-refractivity contribution in [1.82, 2.24) is 4.98 Å². The van der Waals surface area contributed by atoms with Crippen LogP contribution in [0.5, 0.6) is 0 Å². The molecule has 7 heteroatoms. The molecule has 1 N–H and O–H groups in total. The van der Waals surface area contributed by atoms with Gasteiger partial charge in [-0.05, 0) is 18.2 Å². The average Bonchev–Trinajstić information content (AvgIpc) is 3.11. The predicted octanol–water partition coefficient (Wildman–Crippen LogP) is 5.02. The van der Waals surface area contributed by atoms with Gasteiger partial charge in [0, 0.05) is 21.4 Å². The number of thiazole rings is 1. The van der Waals surface area contributed by atoms with Gasteiger partial charge < -0.3 is 4.42 Å². The molecule has 0 radical (unpaired) electrons. The van der Waals surface area contributed by atoms with Gasteiger partial charge in [-0.1, -0.05) is 48.0 Å². The highest BCUT2D eigenvalue weighted by atomic mass is 35.5. The summed E-state index contributed by atoms with van der Waals surface area (Å²) < 4.78 is 5.35. The summed E-state index contributed by atoms with van der Waals surface area (Å²) in [6.07, 6.45) is 1.62. The highest BCUT2D eigenvalue weighted by Crippen LogP contribution is 2.25. The molecule has 4 aromatic rings. The maximum atomic E-state index is 12.2. The Morgan fingerprint density at radius 3 is 2.85 bits per heavy atom. The molecule has 2 aromatic carbocycles. The van der Waals surface area contributed by atoms with Crippen LogP contribution in [-0.2, 0) is 0 Å². The first-order valence-electron chi connectivity index (χ1n) is 7.73. The van der Waals surface area contributed by atoms with Gasteiger partial charge in [-0.3, -0.25) is 5.43 Å². The van der Waals surface area contributed by atoms with E-state index in [1.54, 1.807) is 29.8 Å². The van der Waals surface area contributed by atoms with Gasteiger partial charge in [-0.2, -0.15) is 5.10 Å². The molecule has 0 aliphatic carbocycles. The van der Waals surface area contributed by atoms with Crippen molar-refractivity contribution in [3.8, 4) is 11.3 Å². The van der Waals surface area contributed by atoms with Gasteiger partial charge in [0.25, 0.3) is 0 Å². The SMILES string of the molecule is O=c1oc2ccccc2cc1-c1csc(N/N=C\c2ccccc2Cl)n1. The molecule has 26 heavy (non-hydrogen) atoms. The first-order chi connectivity index (χ1) is 12.7. The van der Waals surface area contributed by atoms with Gasteiger partial charge in [-0.25, -0.2) is 9.78 Å². The fraction of sp³-hybridized carbons (Fsp3) is 0. The lowest BCUT2D eigenvalue weighted by Gasteiger charge is -1.99. The Morgan fingerprint density at radius 1 is 1.15 bits per heavy atom. The number of nitrogens with one attached hydrogen (secondary N) is 1. The van der Waals surface area contributed by atoms with Crippen LogP contribution in [0.3, 0.4) is 0 Å². The van der Waals surface area contributed by atoms with E-state index in [1.165, 1.54) is 11.3 Å². The van der Waals surface area contributed by atoms with E-state index in [2.05, 4.69) is 15.5 Å². The first kappa shape index (κ1) is 16.5. The molecule has 2 heterocycles. The van der Waals surface area contributed by atoms with E-state index in [-0.39, 0.29) is 0 Å². The molecule has 2 aromatic heterocycles. The fourth-order valence-electron chi connectivity index (χ4n) is 2.43. The van der Waals surface area contributed by atoms with Crippen LogP contribution in [0.15, 0.2) is 74.3 Å². The number of para-hydroxylation sites is 1. The molecule has 0 bridgehead atoms. The maximum Gasteiger partial charge on any atom is 0.345 e. The van der Waals surface area contributed by atoms with Gasteiger partial charge in [0.1, 0.15) is 5.58 Å². The summed E-state index contributed by atoms with van der Waals surface area (Å²) >= 11 is 7.43. The van der Waals surface area contributed by atoms with Crippen LogP contribution in [0.2, 0.25) is 5.02 Å². The molecule has 128 valence electrons. The highest BCUT2D eigenvalue weighted by molar-refractivity contribution is 7.14. The maximum absolute atomic E-state index is 12.2. The second-order valence-corrected chi connectivity index (χ2v) is 6.68. The van der Waals surface area contributed by atoms with Gasteiger partial charge in [0.05, 0.1) is 17.5 Å². The summed E-state index contributed by atoms with van der Waals surface area (Å²) in [6.45, 7) is 0. The van der Waals surface area contributed by atoms with Gasteiger partial charge in [-0.15, -0.1) is 11.3 Å². The smallest absolute Gasteiger partial charge is 0.345 e. The number of hydrogen-bond donors (Lipinski definition) is 1. The van der Waals surface area contributed by atoms with Crippen molar-refractivity contribution in [1.29, 1.82) is 0 Å². The van der Waals surface area contributed by atoms with E-state index in [4.69, 9.17) is 16.0 Å². The largest absolute Gasteiger partial charge is 0.422 e. The molecule has 0 fully saturated rings. The zero-order chi connectivity index (χ0) is 17.9. The second kappa shape index (κ2) is 7.11. The van der Waals surface area contributed by atoms with Crippen LogP contribution in [0.1, 0.15) is 5.56 Å². The number of hydrazone groups is 1. The summed E-state index contributed by atoms with van der Waals surface area (Å²) in [5.41, 5.74) is 4.76. The lowest BCUT2D eigenvalue weighted by molar-refractivity contribution is 0.563. The number of fused-ring (bicyclic) bond motifs is 1. The van der Waals surface area contributed by atoms with Crippen LogP contribution in [0.4, 0.5) is 5.13 Å². The lowest BCUT2D eigenvalue weighted by atomic mass is 10.1. The molecule has 0 saturated heterocycles. The summed E-state index contributed by atoms with van der Waals surface area (Å²) in [4.78, 5) is 16.6. The van der Waals surface area contributed by atoms with Crippen molar-refractivity contribution in [3.63, 3.8) is 0 Å². The Kier molecular flexibility index (Phi) is 4.51. The molecular formula is C19H12ClN3O2S. The Balaban J connectivity index is 1.58. The Labute approximate surface area is 157 Å². The van der Waals surface area contributed by atoms with Gasteiger partial charge >= 0.3 is 5.63 Å². The van der Waals surface area contributed by atoms with E-state index >= 15 is 0 Å². The number of aromatic nitrogens is 1. The van der Waals surface area contributed by atoms with E-state index in [0.717, 1.165) is 10.9 Å². The zero-order valence-electron chi connectivity index (χ0n) is 13.3. The number of rotatable bonds is 4. The van der Waals surface area contributed by atoms with Crippen molar-refractivity contribution in [2.45, 2.75) is 0 Å². The Hall–Kier alpha value is -2.96. The molecule has 0 atom stereocenters. The third kappa shape index (κ3) is 3.37. The standard InChI is InChI=1S/C19H12ClN3O2S/c20-15-7-3-1-6-13(15)10-21-23-19-22-16(11-26-19)14-9-12-5-2-4-8-17(12)25-18(14)24/h1-11H,(H,22,23)/b21-10-. The molecule has 0 saturated carbocycles. The van der Waals surface area contributed by atoms with E-state index < -0.39 is 5.63 Å². The topological polar surface area (TPSA) is 67.5 Å². The average molecular weight is 382 g/mol. The Bertz CT molecular complexity index is 1170. The number of nitrogens with zero attached hydrogens (tertiary/aromatic N) is 2. The highest BCUT2D eigenvalue weighted by Gasteiger charge is 2.11. The summed E-state index contributed by atoms with van der Waals surface area (Å²) in [6, 6.07) is 16.6. The second-order valence-electron chi connectivity index (χ2n) is 5.41. The fourth-order valence-corrected chi connectivity index (χ4v) is 3.27. The summed E-state index contributed by atoms with van der Waals surface area (Å²) in [5.74, 6) is 0. The quantitative estimate of drug-likeness (QED) is 0.306. The van der Waals surface area contributed by atoms with Crippen LogP contribution < -0.4 is 11.1 Å². The third-order valence-corrected chi connectivity index (χ3v) is 4.78. The van der Waals surface area contributed by atoms with Crippen LogP contribution in [-0.4, -0.2) is 11.2 Å². The monoisotopic (exact) mass is 381 g/mol. The van der Waals surface area contributed by atoms with Gasteiger partial charge in [0.2, 0.25) is 5.13 Å². The number of halogens is 1. The molecule has 0 spiro atoms. The molecule has 0 amide bonds. The van der Waals surface area contributed by atoms with E-state index in [1.807, 2.05) is 36.4 Å². The van der Waals surface area contributed by atoms with E-state index in [9.17, 15) is 4.79 Å². The van der Waals surface area contributed by atoms with E-state index in [0.29, 0.717) is 27.0 Å². The summed E-state index contributed by atoms with van der Waals surface area (Å²) in [5, 5.41) is 7.96. The third-order valence-electron chi connectivity index (χ3n) is 3.69. The first-order valence-corrected chi connectivity index (χ1v) is 8.99. The Morgan fingerprint density at radius 2 is 1.96 bits per heavy atom. The van der Waals surface area contributed by atoms with Crippen molar-refractivity contribution < 1.29 is 4.42 Å². The predicted molar refractivity (Wildman–Crippen MR) is 106 cm³/mol. The van der Waals surface area contributed by atoms with Gasteiger partial charge in [0.15, 0.2) is 0 Å². The van der Waals surface area contributed by atoms with Crippen molar-refractivity contribution in [2.24, 2.45) is 5.10 Å². The van der Waals surface area contributed by atoms with Crippen LogP contribution in [0, 0.1) is 0 Å². The normalized spacial score (nSPS) is 11.3. The number of benzene rings is 2. The molecule has 5 nitrogen and oxygen atoms in total.